The van der Waals surface area contributed by atoms with Gasteiger partial charge in [0.25, 0.3) is 0 Å². The molecule has 0 amide bonds. The van der Waals surface area contributed by atoms with Crippen LogP contribution in [0.4, 0.5) is 0 Å². The summed E-state index contributed by atoms with van der Waals surface area (Å²) in [5, 5.41) is 0. The summed E-state index contributed by atoms with van der Waals surface area (Å²) in [6.45, 7) is 0. The number of aromatic nitrogens is 2. The third-order valence-corrected chi connectivity index (χ3v) is 3.81. The van der Waals surface area contributed by atoms with Crippen LogP contribution < -0.4 is 0 Å². The second kappa shape index (κ2) is 4.21. The second-order valence-electron chi connectivity index (χ2n) is 4.49. The molecule has 0 spiro atoms. The Balaban J connectivity index is 2.17. The summed E-state index contributed by atoms with van der Waals surface area (Å²) >= 11 is 3.53. The Hall–Kier alpha value is -0.830. The normalized spacial score (nSPS) is 16.8. The Morgan fingerprint density at radius 3 is 2.75 bits per heavy atom. The summed E-state index contributed by atoms with van der Waals surface area (Å²) in [5.41, 5.74) is 3.84. The molecule has 0 fully saturated rings. The molecule has 3 heteroatoms. The van der Waals surface area contributed by atoms with E-state index in [1.165, 1.54) is 43.5 Å². The van der Waals surface area contributed by atoms with Gasteiger partial charge in [-0.1, -0.05) is 12.8 Å². The van der Waals surface area contributed by atoms with E-state index in [-0.39, 0.29) is 0 Å². The van der Waals surface area contributed by atoms with E-state index in [9.17, 15) is 0 Å². The van der Waals surface area contributed by atoms with Gasteiger partial charge in [-0.15, -0.1) is 0 Å². The molecule has 3 rings (SSSR count). The number of nitrogens with zero attached hydrogens (tertiary/aromatic N) is 2. The molecule has 0 aromatic carbocycles. The third-order valence-electron chi connectivity index (χ3n) is 3.34. The first-order chi connectivity index (χ1) is 7.84. The lowest BCUT2D eigenvalue weighted by molar-refractivity contribution is 0.604. The quantitative estimate of drug-likeness (QED) is 0.717. The number of rotatable bonds is 0. The molecule has 1 aliphatic carbocycles. The average Bonchev–Trinajstić information content (AvgIpc) is 2.55. The number of fused-ring (bicyclic) bond motifs is 3. The molecule has 16 heavy (non-hydrogen) atoms. The van der Waals surface area contributed by atoms with Crippen molar-refractivity contribution in [2.24, 2.45) is 0 Å². The van der Waals surface area contributed by atoms with Gasteiger partial charge in [-0.2, -0.15) is 0 Å². The first-order valence-electron chi connectivity index (χ1n) is 6.00. The Morgan fingerprint density at radius 2 is 1.88 bits per heavy atom. The summed E-state index contributed by atoms with van der Waals surface area (Å²) in [5.74, 6) is 0. The lowest BCUT2D eigenvalue weighted by atomic mass is 10.0. The highest BCUT2D eigenvalue weighted by Gasteiger charge is 2.13. The molecule has 84 valence electrons. The highest BCUT2D eigenvalue weighted by Crippen LogP contribution is 2.22. The lowest BCUT2D eigenvalue weighted by Crippen LogP contribution is -2.01. The molecule has 0 radical (unpaired) electrons. The molecule has 2 heterocycles. The number of imidazole rings is 1. The zero-order valence-electron chi connectivity index (χ0n) is 9.25. The van der Waals surface area contributed by atoms with Crippen LogP contribution >= 0.6 is 15.9 Å². The summed E-state index contributed by atoms with van der Waals surface area (Å²) in [6.07, 6.45) is 9.77. The van der Waals surface area contributed by atoms with Gasteiger partial charge < -0.3 is 4.40 Å². The van der Waals surface area contributed by atoms with Crippen molar-refractivity contribution < 1.29 is 0 Å². The van der Waals surface area contributed by atoms with Crippen molar-refractivity contribution in [1.29, 1.82) is 0 Å². The summed E-state index contributed by atoms with van der Waals surface area (Å²) in [6, 6.07) is 4.16. The maximum absolute atomic E-state index is 4.74. The van der Waals surface area contributed by atoms with Crippen LogP contribution in [0.15, 0.2) is 22.8 Å². The molecule has 0 unspecified atom stereocenters. The van der Waals surface area contributed by atoms with Crippen LogP contribution in [-0.4, -0.2) is 9.38 Å². The van der Waals surface area contributed by atoms with Gasteiger partial charge in [0.15, 0.2) is 0 Å². The minimum Gasteiger partial charge on any atom is -0.303 e. The number of pyridine rings is 1. The maximum Gasteiger partial charge on any atom is 0.137 e. The summed E-state index contributed by atoms with van der Waals surface area (Å²) < 4.78 is 3.38. The predicted octanol–water partition coefficient (Wildman–Crippen LogP) is 3.76. The zero-order chi connectivity index (χ0) is 11.0. The minimum atomic E-state index is 1.09. The maximum atomic E-state index is 4.74. The van der Waals surface area contributed by atoms with E-state index in [2.05, 4.69) is 38.7 Å². The highest BCUT2D eigenvalue weighted by molar-refractivity contribution is 9.10. The Kier molecular flexibility index (Phi) is 2.72. The molecule has 0 saturated carbocycles. The van der Waals surface area contributed by atoms with Gasteiger partial charge in [0.1, 0.15) is 5.65 Å². The molecule has 0 atom stereocenters. The van der Waals surface area contributed by atoms with Gasteiger partial charge >= 0.3 is 0 Å². The molecule has 2 nitrogen and oxygen atoms in total. The van der Waals surface area contributed by atoms with Gasteiger partial charge in [0.2, 0.25) is 0 Å². The van der Waals surface area contributed by atoms with E-state index in [4.69, 9.17) is 4.98 Å². The summed E-state index contributed by atoms with van der Waals surface area (Å²) in [4.78, 5) is 4.74. The number of aryl methyl sites for hydroxylation is 2. The topological polar surface area (TPSA) is 17.3 Å². The first-order valence-corrected chi connectivity index (χ1v) is 6.79. The molecular weight excluding hydrogens is 264 g/mol. The fourth-order valence-corrected chi connectivity index (χ4v) is 2.86. The Bertz CT molecular complexity index is 516. The molecule has 2 aromatic heterocycles. The van der Waals surface area contributed by atoms with Crippen molar-refractivity contribution >= 4 is 21.6 Å². The van der Waals surface area contributed by atoms with Crippen molar-refractivity contribution in [2.45, 2.75) is 38.5 Å². The van der Waals surface area contributed by atoms with Gasteiger partial charge in [0.05, 0.1) is 5.69 Å². The smallest absolute Gasteiger partial charge is 0.137 e. The molecule has 0 aliphatic heterocycles. The Morgan fingerprint density at radius 1 is 1.06 bits per heavy atom. The fourth-order valence-electron chi connectivity index (χ4n) is 2.52. The lowest BCUT2D eigenvalue weighted by Gasteiger charge is -2.09. The standard InChI is InChI=1S/C13H15BrN2/c14-10-7-8-13-15-11-5-3-1-2-4-6-12(11)16(13)9-10/h7-9H,1-6H2. The van der Waals surface area contributed by atoms with Gasteiger partial charge in [-0.3, -0.25) is 0 Å². The molecule has 0 saturated heterocycles. The van der Waals surface area contributed by atoms with Crippen LogP contribution in [0.5, 0.6) is 0 Å². The van der Waals surface area contributed by atoms with E-state index in [1.54, 1.807) is 0 Å². The number of hydrogen-bond acceptors (Lipinski definition) is 1. The van der Waals surface area contributed by atoms with Gasteiger partial charge in [-0.05, 0) is 53.7 Å². The predicted molar refractivity (Wildman–Crippen MR) is 68.8 cm³/mol. The SMILES string of the molecule is Brc1ccc2nc3c(n2c1)CCCCCC3. The highest BCUT2D eigenvalue weighted by atomic mass is 79.9. The van der Waals surface area contributed by atoms with Crippen LogP contribution in [0.25, 0.3) is 5.65 Å². The zero-order valence-corrected chi connectivity index (χ0v) is 10.8. The summed E-state index contributed by atoms with van der Waals surface area (Å²) in [7, 11) is 0. The van der Waals surface area contributed by atoms with Gasteiger partial charge in [-0.25, -0.2) is 4.98 Å². The molecule has 2 aromatic rings. The Labute approximate surface area is 104 Å². The van der Waals surface area contributed by atoms with Crippen LogP contribution in [0.2, 0.25) is 0 Å². The fraction of sp³-hybridized carbons (Fsp3) is 0.462. The van der Waals surface area contributed by atoms with Crippen molar-refractivity contribution in [3.8, 4) is 0 Å². The largest absolute Gasteiger partial charge is 0.303 e. The van der Waals surface area contributed by atoms with Gasteiger partial charge in [0, 0.05) is 16.4 Å². The second-order valence-corrected chi connectivity index (χ2v) is 5.41. The first kappa shape index (κ1) is 10.3. The van der Waals surface area contributed by atoms with Crippen LogP contribution in [0.1, 0.15) is 37.1 Å². The van der Waals surface area contributed by atoms with Crippen molar-refractivity contribution in [1.82, 2.24) is 9.38 Å². The van der Waals surface area contributed by atoms with Crippen LogP contribution in [0.3, 0.4) is 0 Å². The van der Waals surface area contributed by atoms with E-state index >= 15 is 0 Å². The monoisotopic (exact) mass is 278 g/mol. The molecule has 0 N–H and O–H groups in total. The minimum absolute atomic E-state index is 1.09. The number of hydrogen-bond donors (Lipinski definition) is 0. The molecule has 1 aliphatic rings. The molecule has 0 bridgehead atoms. The number of halogens is 1. The molecular formula is C13H15BrN2. The van der Waals surface area contributed by atoms with E-state index in [0.717, 1.165) is 16.5 Å². The van der Waals surface area contributed by atoms with E-state index in [0.29, 0.717) is 0 Å². The van der Waals surface area contributed by atoms with Crippen molar-refractivity contribution in [3.63, 3.8) is 0 Å². The van der Waals surface area contributed by atoms with Crippen molar-refractivity contribution in [3.05, 3.63) is 34.2 Å². The van der Waals surface area contributed by atoms with Crippen molar-refractivity contribution in [2.75, 3.05) is 0 Å². The van der Waals surface area contributed by atoms with Crippen LogP contribution in [-0.2, 0) is 12.8 Å². The third kappa shape index (κ3) is 1.77. The average molecular weight is 279 g/mol. The van der Waals surface area contributed by atoms with E-state index in [1.807, 2.05) is 0 Å². The van der Waals surface area contributed by atoms with Crippen LogP contribution in [0, 0.1) is 0 Å². The van der Waals surface area contributed by atoms with E-state index < -0.39 is 0 Å².